The zero-order valence-corrected chi connectivity index (χ0v) is 19.6. The van der Waals surface area contributed by atoms with Gasteiger partial charge in [-0.25, -0.2) is 4.98 Å². The molecule has 1 aromatic carbocycles. The Morgan fingerprint density at radius 2 is 1.97 bits per heavy atom. The number of aromatic amines is 1. The summed E-state index contributed by atoms with van der Waals surface area (Å²) >= 11 is 3.16. The fourth-order valence-corrected chi connectivity index (χ4v) is 5.80. The van der Waals surface area contributed by atoms with E-state index in [0.29, 0.717) is 17.8 Å². The Balaban J connectivity index is 1.32. The van der Waals surface area contributed by atoms with Crippen LogP contribution in [-0.4, -0.2) is 41.2 Å². The van der Waals surface area contributed by atoms with Gasteiger partial charge in [-0.3, -0.25) is 9.69 Å². The first-order chi connectivity index (χ1) is 15.7. The molecule has 0 aliphatic carbocycles. The number of morpholine rings is 1. The third-order valence-corrected chi connectivity index (χ3v) is 7.65. The van der Waals surface area contributed by atoms with E-state index in [1.54, 1.807) is 11.3 Å². The molecule has 1 aliphatic rings. The van der Waals surface area contributed by atoms with Crippen molar-refractivity contribution in [3.63, 3.8) is 0 Å². The Labute approximate surface area is 194 Å². The molecule has 4 aromatic rings. The summed E-state index contributed by atoms with van der Waals surface area (Å²) in [6, 6.07) is 12.5. The van der Waals surface area contributed by atoms with E-state index in [1.807, 2.05) is 29.8 Å². The van der Waals surface area contributed by atoms with E-state index in [0.717, 1.165) is 48.1 Å². The minimum Gasteiger partial charge on any atom is -0.379 e. The highest BCUT2D eigenvalue weighted by atomic mass is 32.1. The third-order valence-electron chi connectivity index (χ3n) is 5.87. The van der Waals surface area contributed by atoms with Crippen molar-refractivity contribution in [3.8, 4) is 10.4 Å². The Morgan fingerprint density at radius 3 is 2.75 bits per heavy atom. The number of hydrogen-bond acceptors (Lipinski definition) is 7. The normalized spacial score (nSPS) is 15.9. The SMILES string of the molecule is C[C@@H](NCc1ccccc1CN1CCOCC1)c1nc2scc(-c3cccs3)c2c(=O)[nH]1. The standard InChI is InChI=1S/C24H26N4O2S2/c1-16(25-13-17-5-2-3-6-18(17)14-28-8-10-30-11-9-28)22-26-23(29)21-19(15-32-24(21)27-22)20-7-4-12-31-20/h2-7,12,15-16,25H,8-11,13-14H2,1H3,(H,26,27,29)/t16-/m1/s1. The molecule has 166 valence electrons. The number of fused-ring (bicyclic) bond motifs is 1. The van der Waals surface area contributed by atoms with Crippen molar-refractivity contribution in [1.82, 2.24) is 20.2 Å². The van der Waals surface area contributed by atoms with Gasteiger partial charge in [0.1, 0.15) is 10.7 Å². The van der Waals surface area contributed by atoms with Crippen LogP contribution in [0.2, 0.25) is 0 Å². The summed E-state index contributed by atoms with van der Waals surface area (Å²) in [6.07, 6.45) is 0. The number of hydrogen-bond donors (Lipinski definition) is 2. The molecule has 1 aliphatic heterocycles. The van der Waals surface area contributed by atoms with Crippen molar-refractivity contribution in [3.05, 3.63) is 74.5 Å². The van der Waals surface area contributed by atoms with Crippen LogP contribution < -0.4 is 10.9 Å². The number of thiophene rings is 2. The lowest BCUT2D eigenvalue weighted by Gasteiger charge is -2.27. The number of aromatic nitrogens is 2. The second-order valence-corrected chi connectivity index (χ2v) is 9.82. The molecule has 0 bridgehead atoms. The molecule has 1 fully saturated rings. The Morgan fingerprint density at radius 1 is 1.16 bits per heavy atom. The van der Waals surface area contributed by atoms with E-state index >= 15 is 0 Å². The molecule has 0 amide bonds. The molecule has 1 atom stereocenters. The first-order valence-electron chi connectivity index (χ1n) is 10.8. The number of H-pyrrole nitrogens is 1. The highest BCUT2D eigenvalue weighted by Gasteiger charge is 2.17. The van der Waals surface area contributed by atoms with Crippen molar-refractivity contribution in [2.75, 3.05) is 26.3 Å². The van der Waals surface area contributed by atoms with Gasteiger partial charge in [-0.15, -0.1) is 22.7 Å². The number of benzene rings is 1. The molecular formula is C24H26N4O2S2. The predicted molar refractivity (Wildman–Crippen MR) is 131 cm³/mol. The highest BCUT2D eigenvalue weighted by Crippen LogP contribution is 2.33. The molecule has 0 spiro atoms. The second kappa shape index (κ2) is 9.64. The van der Waals surface area contributed by atoms with Gasteiger partial charge in [0.2, 0.25) is 0 Å². The van der Waals surface area contributed by atoms with Gasteiger partial charge in [-0.05, 0) is 29.5 Å². The van der Waals surface area contributed by atoms with E-state index in [2.05, 4.69) is 39.5 Å². The predicted octanol–water partition coefficient (Wildman–Crippen LogP) is 4.40. The van der Waals surface area contributed by atoms with Crippen LogP contribution in [0.5, 0.6) is 0 Å². The molecular weight excluding hydrogens is 440 g/mol. The average molecular weight is 467 g/mol. The van der Waals surface area contributed by atoms with Gasteiger partial charge in [-0.1, -0.05) is 30.3 Å². The van der Waals surface area contributed by atoms with Crippen LogP contribution in [0.4, 0.5) is 0 Å². The van der Waals surface area contributed by atoms with Crippen molar-refractivity contribution >= 4 is 32.9 Å². The molecule has 32 heavy (non-hydrogen) atoms. The van der Waals surface area contributed by atoms with Gasteiger partial charge >= 0.3 is 0 Å². The van der Waals surface area contributed by atoms with Crippen LogP contribution in [0, 0.1) is 0 Å². The van der Waals surface area contributed by atoms with Crippen LogP contribution in [-0.2, 0) is 17.8 Å². The number of nitrogens with zero attached hydrogens (tertiary/aromatic N) is 2. The van der Waals surface area contributed by atoms with Crippen LogP contribution in [0.25, 0.3) is 20.7 Å². The fraction of sp³-hybridized carbons (Fsp3) is 0.333. The lowest BCUT2D eigenvalue weighted by Crippen LogP contribution is -2.36. The van der Waals surface area contributed by atoms with E-state index in [4.69, 9.17) is 9.72 Å². The number of nitrogens with one attached hydrogen (secondary N) is 2. The molecule has 0 unspecified atom stereocenters. The Hall–Kier alpha value is -2.36. The summed E-state index contributed by atoms with van der Waals surface area (Å²) < 4.78 is 5.47. The molecule has 5 rings (SSSR count). The fourth-order valence-electron chi connectivity index (χ4n) is 4.03. The van der Waals surface area contributed by atoms with E-state index < -0.39 is 0 Å². The average Bonchev–Trinajstić information content (AvgIpc) is 3.49. The summed E-state index contributed by atoms with van der Waals surface area (Å²) in [5.74, 6) is 0.674. The largest absolute Gasteiger partial charge is 0.379 e. The van der Waals surface area contributed by atoms with Gasteiger partial charge in [0.05, 0.1) is 24.6 Å². The molecule has 4 heterocycles. The molecule has 6 nitrogen and oxygen atoms in total. The van der Waals surface area contributed by atoms with Crippen molar-refractivity contribution in [1.29, 1.82) is 0 Å². The molecule has 8 heteroatoms. The molecule has 0 radical (unpaired) electrons. The van der Waals surface area contributed by atoms with E-state index in [9.17, 15) is 4.79 Å². The maximum atomic E-state index is 12.9. The number of ether oxygens (including phenoxy) is 1. The second-order valence-electron chi connectivity index (χ2n) is 8.02. The first-order valence-corrected chi connectivity index (χ1v) is 12.6. The van der Waals surface area contributed by atoms with Crippen LogP contribution in [0.3, 0.4) is 0 Å². The minimum atomic E-state index is -0.0733. The third kappa shape index (κ3) is 4.55. The lowest BCUT2D eigenvalue weighted by atomic mass is 10.1. The van der Waals surface area contributed by atoms with Gasteiger partial charge in [-0.2, -0.15) is 0 Å². The monoisotopic (exact) mass is 466 g/mol. The molecule has 3 aromatic heterocycles. The maximum absolute atomic E-state index is 12.9. The topological polar surface area (TPSA) is 70.2 Å². The molecule has 1 saturated heterocycles. The van der Waals surface area contributed by atoms with Crippen LogP contribution in [0.15, 0.2) is 52.0 Å². The van der Waals surface area contributed by atoms with Gasteiger partial charge in [0.25, 0.3) is 5.56 Å². The van der Waals surface area contributed by atoms with Gasteiger partial charge in [0, 0.05) is 42.0 Å². The number of rotatable bonds is 7. The van der Waals surface area contributed by atoms with Crippen molar-refractivity contribution in [2.45, 2.75) is 26.1 Å². The Bertz CT molecular complexity index is 1240. The lowest BCUT2D eigenvalue weighted by molar-refractivity contribution is 0.0340. The van der Waals surface area contributed by atoms with E-state index in [1.165, 1.54) is 22.5 Å². The maximum Gasteiger partial charge on any atom is 0.260 e. The zero-order chi connectivity index (χ0) is 21.9. The van der Waals surface area contributed by atoms with E-state index in [-0.39, 0.29) is 11.6 Å². The van der Waals surface area contributed by atoms with Crippen LogP contribution >= 0.6 is 22.7 Å². The first kappa shape index (κ1) is 21.5. The smallest absolute Gasteiger partial charge is 0.260 e. The highest BCUT2D eigenvalue weighted by molar-refractivity contribution is 7.18. The van der Waals surface area contributed by atoms with Gasteiger partial charge in [0.15, 0.2) is 0 Å². The minimum absolute atomic E-state index is 0.0731. The van der Waals surface area contributed by atoms with Crippen LogP contribution in [0.1, 0.15) is 29.9 Å². The summed E-state index contributed by atoms with van der Waals surface area (Å²) in [4.78, 5) is 25.0. The van der Waals surface area contributed by atoms with Gasteiger partial charge < -0.3 is 15.0 Å². The van der Waals surface area contributed by atoms with Crippen molar-refractivity contribution in [2.24, 2.45) is 0 Å². The van der Waals surface area contributed by atoms with Crippen molar-refractivity contribution < 1.29 is 4.74 Å². The molecule has 2 N–H and O–H groups in total. The zero-order valence-electron chi connectivity index (χ0n) is 18.0. The summed E-state index contributed by atoms with van der Waals surface area (Å²) in [5.41, 5.74) is 3.49. The molecule has 0 saturated carbocycles. The summed E-state index contributed by atoms with van der Waals surface area (Å²) in [7, 11) is 0. The quantitative estimate of drug-likeness (QED) is 0.423. The summed E-state index contributed by atoms with van der Waals surface area (Å²) in [6.45, 7) is 7.23. The Kier molecular flexibility index (Phi) is 6.47. The summed E-state index contributed by atoms with van der Waals surface area (Å²) in [5, 5.41) is 8.29.